The van der Waals surface area contributed by atoms with Gasteiger partial charge in [-0.15, -0.1) is 0 Å². The molecular weight excluding hydrogens is 486 g/mol. The standard InChI is InChI=1S/C26H37N9O3/c1-3-23-29-25(32-26(30-23)35-8-6-33(2)7-9-35)31-24-20-16-22(19(17-36)15-21(20)27-18-28-24)38-12-4-5-34-10-13-37-14-11-34/h15-16,18,36H,3-14,17H2,1-2H3,(H,27,28,29,30,31,32). The van der Waals surface area contributed by atoms with E-state index in [9.17, 15) is 5.11 Å². The van der Waals surface area contributed by atoms with Gasteiger partial charge in [0.15, 0.2) is 0 Å². The second-order valence-electron chi connectivity index (χ2n) is 9.66. The first-order valence-electron chi connectivity index (χ1n) is 13.4. The molecule has 2 aliphatic heterocycles. The number of ether oxygens (including phenoxy) is 2. The van der Waals surface area contributed by atoms with Crippen LogP contribution in [0.1, 0.15) is 24.7 Å². The first kappa shape index (κ1) is 26.4. The lowest BCUT2D eigenvalue weighted by atomic mass is 10.1. The van der Waals surface area contributed by atoms with Crippen molar-refractivity contribution < 1.29 is 14.6 Å². The fourth-order valence-corrected chi connectivity index (χ4v) is 4.65. The summed E-state index contributed by atoms with van der Waals surface area (Å²) < 4.78 is 11.5. The van der Waals surface area contributed by atoms with Crippen LogP contribution in [0.5, 0.6) is 5.75 Å². The predicted molar refractivity (Wildman–Crippen MR) is 145 cm³/mol. The number of aryl methyl sites for hydroxylation is 1. The molecule has 3 aromatic rings. The Hall–Kier alpha value is -3.19. The van der Waals surface area contributed by atoms with E-state index < -0.39 is 0 Å². The summed E-state index contributed by atoms with van der Waals surface area (Å²) in [5.74, 6) is 3.06. The number of hydrogen-bond acceptors (Lipinski definition) is 12. The maximum absolute atomic E-state index is 9.98. The molecule has 2 N–H and O–H groups in total. The molecule has 12 heteroatoms. The summed E-state index contributed by atoms with van der Waals surface area (Å²) in [7, 11) is 2.12. The van der Waals surface area contributed by atoms with E-state index in [1.165, 1.54) is 6.33 Å². The van der Waals surface area contributed by atoms with Gasteiger partial charge < -0.3 is 29.7 Å². The van der Waals surface area contributed by atoms with Crippen LogP contribution in [0.3, 0.4) is 0 Å². The lowest BCUT2D eigenvalue weighted by molar-refractivity contribution is 0.0357. The van der Waals surface area contributed by atoms with Crippen molar-refractivity contribution in [2.75, 3.05) is 82.9 Å². The topological polar surface area (TPSA) is 125 Å². The van der Waals surface area contributed by atoms with Gasteiger partial charge in [0, 0.05) is 63.2 Å². The highest BCUT2D eigenvalue weighted by Crippen LogP contribution is 2.30. The molecule has 0 bridgehead atoms. The number of hydrogen-bond donors (Lipinski definition) is 2. The Balaban J connectivity index is 1.35. The molecule has 0 spiro atoms. The Labute approximate surface area is 223 Å². The second-order valence-corrected chi connectivity index (χ2v) is 9.66. The molecule has 0 atom stereocenters. The third-order valence-electron chi connectivity index (χ3n) is 6.97. The van der Waals surface area contributed by atoms with Crippen LogP contribution < -0.4 is 15.0 Å². The third-order valence-corrected chi connectivity index (χ3v) is 6.97. The van der Waals surface area contributed by atoms with Gasteiger partial charge in [-0.25, -0.2) is 9.97 Å². The molecule has 2 saturated heterocycles. The van der Waals surface area contributed by atoms with E-state index in [-0.39, 0.29) is 6.61 Å². The van der Waals surface area contributed by atoms with Crippen molar-refractivity contribution in [1.29, 1.82) is 0 Å². The Morgan fingerprint density at radius 1 is 1.03 bits per heavy atom. The fraction of sp³-hybridized carbons (Fsp3) is 0.577. The van der Waals surface area contributed by atoms with Crippen molar-refractivity contribution in [1.82, 2.24) is 34.7 Å². The summed E-state index contributed by atoms with van der Waals surface area (Å²) in [5.41, 5.74) is 1.40. The van der Waals surface area contributed by atoms with Crippen molar-refractivity contribution in [3.05, 3.63) is 29.8 Å². The molecular formula is C26H37N9O3. The number of nitrogens with one attached hydrogen (secondary N) is 1. The Morgan fingerprint density at radius 2 is 1.84 bits per heavy atom. The molecule has 0 amide bonds. The number of piperazine rings is 1. The Morgan fingerprint density at radius 3 is 2.61 bits per heavy atom. The van der Waals surface area contributed by atoms with Gasteiger partial charge in [-0.1, -0.05) is 6.92 Å². The number of likely N-dealkylation sites (N-methyl/N-ethyl adjacent to an activating group) is 1. The van der Waals surface area contributed by atoms with Gasteiger partial charge in [0.25, 0.3) is 0 Å². The zero-order valence-corrected chi connectivity index (χ0v) is 22.3. The van der Waals surface area contributed by atoms with E-state index in [2.05, 4.69) is 47.0 Å². The van der Waals surface area contributed by atoms with Gasteiger partial charge in [-0.05, 0) is 25.6 Å². The van der Waals surface area contributed by atoms with Crippen LogP contribution >= 0.6 is 0 Å². The van der Waals surface area contributed by atoms with Crippen molar-refractivity contribution >= 4 is 28.6 Å². The number of morpholine rings is 1. The quantitative estimate of drug-likeness (QED) is 0.374. The van der Waals surface area contributed by atoms with Crippen molar-refractivity contribution in [3.8, 4) is 5.75 Å². The van der Waals surface area contributed by atoms with Crippen LogP contribution in [0.2, 0.25) is 0 Å². The average Bonchev–Trinajstić information content (AvgIpc) is 2.96. The highest BCUT2D eigenvalue weighted by Gasteiger charge is 2.19. The molecule has 1 aromatic carbocycles. The third kappa shape index (κ3) is 6.44. The van der Waals surface area contributed by atoms with Crippen LogP contribution in [-0.4, -0.2) is 113 Å². The number of aliphatic hydroxyl groups excluding tert-OH is 1. The van der Waals surface area contributed by atoms with Crippen LogP contribution in [-0.2, 0) is 17.8 Å². The molecule has 12 nitrogen and oxygen atoms in total. The summed E-state index contributed by atoms with van der Waals surface area (Å²) >= 11 is 0. The molecule has 5 rings (SSSR count). The fourth-order valence-electron chi connectivity index (χ4n) is 4.65. The lowest BCUT2D eigenvalue weighted by Crippen LogP contribution is -2.45. The van der Waals surface area contributed by atoms with E-state index in [0.29, 0.717) is 47.6 Å². The van der Waals surface area contributed by atoms with Crippen LogP contribution in [0, 0.1) is 0 Å². The molecule has 2 aromatic heterocycles. The van der Waals surface area contributed by atoms with E-state index in [0.717, 1.165) is 76.7 Å². The molecule has 2 fully saturated rings. The molecule has 0 saturated carbocycles. The van der Waals surface area contributed by atoms with E-state index >= 15 is 0 Å². The maximum Gasteiger partial charge on any atom is 0.233 e. The number of aromatic nitrogens is 5. The minimum Gasteiger partial charge on any atom is -0.493 e. The molecule has 38 heavy (non-hydrogen) atoms. The zero-order chi connectivity index (χ0) is 26.3. The van der Waals surface area contributed by atoms with Gasteiger partial charge >= 0.3 is 0 Å². The van der Waals surface area contributed by atoms with Gasteiger partial charge in [-0.3, -0.25) is 4.90 Å². The molecule has 4 heterocycles. The highest BCUT2D eigenvalue weighted by atomic mass is 16.5. The molecule has 0 radical (unpaired) electrons. The number of fused-ring (bicyclic) bond motifs is 1. The smallest absolute Gasteiger partial charge is 0.233 e. The summed E-state index contributed by atoms with van der Waals surface area (Å²) in [6, 6.07) is 3.74. The van der Waals surface area contributed by atoms with Crippen molar-refractivity contribution in [2.45, 2.75) is 26.4 Å². The van der Waals surface area contributed by atoms with Crippen molar-refractivity contribution in [2.24, 2.45) is 0 Å². The predicted octanol–water partition coefficient (Wildman–Crippen LogP) is 1.47. The monoisotopic (exact) mass is 523 g/mol. The Kier molecular flexibility index (Phi) is 8.74. The minimum atomic E-state index is -0.136. The van der Waals surface area contributed by atoms with E-state index in [4.69, 9.17) is 14.5 Å². The normalized spacial score (nSPS) is 17.2. The maximum atomic E-state index is 9.98. The summed E-state index contributed by atoms with van der Waals surface area (Å²) in [5, 5.41) is 14.0. The summed E-state index contributed by atoms with van der Waals surface area (Å²) in [6.45, 7) is 10.6. The number of benzene rings is 1. The van der Waals surface area contributed by atoms with E-state index in [1.54, 1.807) is 0 Å². The largest absolute Gasteiger partial charge is 0.493 e. The average molecular weight is 524 g/mol. The van der Waals surface area contributed by atoms with Crippen LogP contribution in [0.25, 0.3) is 10.9 Å². The zero-order valence-electron chi connectivity index (χ0n) is 22.3. The van der Waals surface area contributed by atoms with Gasteiger partial charge in [0.2, 0.25) is 11.9 Å². The first-order chi connectivity index (χ1) is 18.6. The molecule has 204 valence electrons. The molecule has 2 aliphatic rings. The van der Waals surface area contributed by atoms with Gasteiger partial charge in [0.1, 0.15) is 23.7 Å². The van der Waals surface area contributed by atoms with Gasteiger partial charge in [0.05, 0.1) is 31.9 Å². The number of rotatable bonds is 10. The number of anilines is 3. The summed E-state index contributed by atoms with van der Waals surface area (Å²) in [4.78, 5) is 29.8. The number of aliphatic hydroxyl groups is 1. The molecule has 0 unspecified atom stereocenters. The molecule has 0 aliphatic carbocycles. The Bertz CT molecular complexity index is 1210. The van der Waals surface area contributed by atoms with Gasteiger partial charge in [-0.2, -0.15) is 15.0 Å². The summed E-state index contributed by atoms with van der Waals surface area (Å²) in [6.07, 6.45) is 3.09. The minimum absolute atomic E-state index is 0.136. The first-order valence-corrected chi connectivity index (χ1v) is 13.4. The SMILES string of the molecule is CCc1nc(Nc2ncnc3cc(CO)c(OCCCN4CCOCC4)cc23)nc(N2CCN(C)CC2)n1. The van der Waals surface area contributed by atoms with Crippen molar-refractivity contribution in [3.63, 3.8) is 0 Å². The van der Waals surface area contributed by atoms with Crippen LogP contribution in [0.4, 0.5) is 17.7 Å². The highest BCUT2D eigenvalue weighted by molar-refractivity contribution is 5.91. The van der Waals surface area contributed by atoms with E-state index in [1.807, 2.05) is 19.1 Å². The van der Waals surface area contributed by atoms with Crippen LogP contribution in [0.15, 0.2) is 18.5 Å². The second kappa shape index (κ2) is 12.6. The number of nitrogens with zero attached hydrogens (tertiary/aromatic N) is 8. The lowest BCUT2D eigenvalue weighted by Gasteiger charge is -2.32.